The van der Waals surface area contributed by atoms with Crippen molar-refractivity contribution >= 4 is 28.5 Å². The zero-order valence-electron chi connectivity index (χ0n) is 14.8. The highest BCUT2D eigenvalue weighted by Gasteiger charge is 2.12. The fraction of sp³-hybridized carbons (Fsp3) is 0.250. The molecule has 0 atom stereocenters. The van der Waals surface area contributed by atoms with Crippen LogP contribution in [-0.4, -0.2) is 27.6 Å². The smallest absolute Gasteiger partial charge is 0.160 e. The van der Waals surface area contributed by atoms with E-state index in [2.05, 4.69) is 46.9 Å². The summed E-state index contributed by atoms with van der Waals surface area (Å²) in [5.41, 5.74) is 4.25. The van der Waals surface area contributed by atoms with Crippen LogP contribution in [0.2, 0.25) is 0 Å². The molecular weight excluding hydrogens is 310 g/mol. The second-order valence-corrected chi connectivity index (χ2v) is 5.77. The lowest BCUT2D eigenvalue weighted by Gasteiger charge is -2.20. The third-order valence-corrected chi connectivity index (χ3v) is 4.32. The molecule has 0 bridgehead atoms. The Morgan fingerprint density at radius 2 is 1.92 bits per heavy atom. The lowest BCUT2D eigenvalue weighted by Crippen LogP contribution is -2.21. The average Bonchev–Trinajstić information content (AvgIpc) is 2.99. The van der Waals surface area contributed by atoms with Gasteiger partial charge >= 0.3 is 0 Å². The number of aromatic nitrogens is 3. The first-order chi connectivity index (χ1) is 12.2. The fourth-order valence-electron chi connectivity index (χ4n) is 2.95. The first-order valence-corrected chi connectivity index (χ1v) is 8.42. The van der Waals surface area contributed by atoms with E-state index in [1.807, 2.05) is 42.0 Å². The molecule has 0 amide bonds. The zero-order chi connectivity index (χ0) is 17.8. The summed E-state index contributed by atoms with van der Waals surface area (Å²) in [4.78, 5) is 11.2. The quantitative estimate of drug-likeness (QED) is 0.666. The molecule has 1 aromatic carbocycles. The summed E-state index contributed by atoms with van der Waals surface area (Å²) in [5, 5.41) is 9.61. The van der Waals surface area contributed by atoms with Gasteiger partial charge in [-0.05, 0) is 49.8 Å². The SMILES string of the molecule is CCN(CC)c1ccc(/C=C(/C#N)c2nc3cccnc3n2C)cc1. The Labute approximate surface area is 147 Å². The Morgan fingerprint density at radius 1 is 1.20 bits per heavy atom. The van der Waals surface area contributed by atoms with Gasteiger partial charge in [-0.3, -0.25) is 0 Å². The van der Waals surface area contributed by atoms with Gasteiger partial charge < -0.3 is 9.47 Å². The molecule has 5 heteroatoms. The molecule has 0 N–H and O–H groups in total. The maximum absolute atomic E-state index is 9.61. The highest BCUT2D eigenvalue weighted by Crippen LogP contribution is 2.22. The van der Waals surface area contributed by atoms with Gasteiger partial charge in [-0.2, -0.15) is 5.26 Å². The van der Waals surface area contributed by atoms with Crippen LogP contribution in [0.15, 0.2) is 42.6 Å². The predicted octanol–water partition coefficient (Wildman–Crippen LogP) is 3.88. The van der Waals surface area contributed by atoms with E-state index in [9.17, 15) is 5.26 Å². The van der Waals surface area contributed by atoms with Crippen molar-refractivity contribution in [2.45, 2.75) is 13.8 Å². The molecule has 3 rings (SSSR count). The molecule has 0 saturated heterocycles. The predicted molar refractivity (Wildman–Crippen MR) is 102 cm³/mol. The number of hydrogen-bond acceptors (Lipinski definition) is 4. The van der Waals surface area contributed by atoms with Crippen molar-refractivity contribution in [3.05, 3.63) is 54.0 Å². The van der Waals surface area contributed by atoms with Crippen LogP contribution in [-0.2, 0) is 7.05 Å². The van der Waals surface area contributed by atoms with Crippen molar-refractivity contribution in [3.63, 3.8) is 0 Å². The molecule has 0 aliphatic rings. The van der Waals surface area contributed by atoms with Crippen LogP contribution in [0, 0.1) is 11.3 Å². The van der Waals surface area contributed by atoms with Crippen LogP contribution >= 0.6 is 0 Å². The number of pyridine rings is 1. The fourth-order valence-corrected chi connectivity index (χ4v) is 2.95. The minimum Gasteiger partial charge on any atom is -0.372 e. The molecule has 2 aromatic heterocycles. The van der Waals surface area contributed by atoms with Crippen LogP contribution in [0.1, 0.15) is 25.2 Å². The first kappa shape index (κ1) is 16.7. The Bertz CT molecular complexity index is 940. The highest BCUT2D eigenvalue weighted by molar-refractivity contribution is 5.90. The van der Waals surface area contributed by atoms with Gasteiger partial charge in [0.2, 0.25) is 0 Å². The van der Waals surface area contributed by atoms with Crippen LogP contribution < -0.4 is 4.90 Å². The molecule has 2 heterocycles. The van der Waals surface area contributed by atoms with Crippen molar-refractivity contribution in [1.82, 2.24) is 14.5 Å². The van der Waals surface area contributed by atoms with Crippen molar-refractivity contribution in [1.29, 1.82) is 5.26 Å². The van der Waals surface area contributed by atoms with Crippen LogP contribution in [0.25, 0.3) is 22.8 Å². The number of imidazole rings is 1. The van der Waals surface area contributed by atoms with Gasteiger partial charge in [0.1, 0.15) is 11.6 Å². The summed E-state index contributed by atoms with van der Waals surface area (Å²) in [7, 11) is 1.88. The minimum atomic E-state index is 0.524. The molecule has 0 saturated carbocycles. The monoisotopic (exact) mass is 331 g/mol. The zero-order valence-corrected chi connectivity index (χ0v) is 14.8. The minimum absolute atomic E-state index is 0.524. The number of aryl methyl sites for hydroxylation is 1. The van der Waals surface area contributed by atoms with E-state index >= 15 is 0 Å². The Hall–Kier alpha value is -3.13. The van der Waals surface area contributed by atoms with Gasteiger partial charge in [-0.1, -0.05) is 12.1 Å². The van der Waals surface area contributed by atoms with Gasteiger partial charge in [0, 0.05) is 32.0 Å². The Balaban J connectivity index is 1.97. The number of rotatable bonds is 5. The molecule has 0 aliphatic heterocycles. The van der Waals surface area contributed by atoms with E-state index in [1.54, 1.807) is 6.20 Å². The average molecular weight is 331 g/mol. The second kappa shape index (κ2) is 7.18. The highest BCUT2D eigenvalue weighted by atomic mass is 15.1. The third-order valence-electron chi connectivity index (χ3n) is 4.32. The van der Waals surface area contributed by atoms with Crippen molar-refractivity contribution in [3.8, 4) is 6.07 Å². The summed E-state index contributed by atoms with van der Waals surface area (Å²) in [6, 6.07) is 14.3. The van der Waals surface area contributed by atoms with E-state index in [0.717, 1.165) is 29.8 Å². The van der Waals surface area contributed by atoms with Crippen LogP contribution in [0.5, 0.6) is 0 Å². The molecule has 5 nitrogen and oxygen atoms in total. The van der Waals surface area contributed by atoms with E-state index in [1.165, 1.54) is 5.69 Å². The number of benzene rings is 1. The standard InChI is InChI=1S/C20H21N5/c1-4-25(5-2)17-10-8-15(9-11-17)13-16(14-21)19-23-18-7-6-12-22-20(18)24(19)3/h6-13H,4-5H2,1-3H3/b16-13-. The van der Waals surface area contributed by atoms with Crippen LogP contribution in [0.4, 0.5) is 5.69 Å². The van der Waals surface area contributed by atoms with E-state index in [0.29, 0.717) is 11.4 Å². The Morgan fingerprint density at radius 3 is 2.52 bits per heavy atom. The van der Waals surface area contributed by atoms with E-state index in [-0.39, 0.29) is 0 Å². The second-order valence-electron chi connectivity index (χ2n) is 5.77. The van der Waals surface area contributed by atoms with E-state index < -0.39 is 0 Å². The summed E-state index contributed by atoms with van der Waals surface area (Å²) in [6.07, 6.45) is 3.60. The van der Waals surface area contributed by atoms with Crippen LogP contribution in [0.3, 0.4) is 0 Å². The molecule has 25 heavy (non-hydrogen) atoms. The molecule has 0 fully saturated rings. The number of anilines is 1. The van der Waals surface area contributed by atoms with Gasteiger partial charge in [0.05, 0.1) is 5.57 Å². The van der Waals surface area contributed by atoms with Gasteiger partial charge in [-0.25, -0.2) is 9.97 Å². The lowest BCUT2D eigenvalue weighted by atomic mass is 10.1. The summed E-state index contributed by atoms with van der Waals surface area (Å²) >= 11 is 0. The molecule has 0 spiro atoms. The number of nitriles is 1. The molecule has 126 valence electrons. The van der Waals surface area contributed by atoms with Gasteiger partial charge in [0.25, 0.3) is 0 Å². The number of fused-ring (bicyclic) bond motifs is 1. The molecule has 0 unspecified atom stereocenters. The van der Waals surface area contributed by atoms with E-state index in [4.69, 9.17) is 0 Å². The Kier molecular flexibility index (Phi) is 4.80. The number of allylic oxidation sites excluding steroid dienone is 1. The van der Waals surface area contributed by atoms with Gasteiger partial charge in [0.15, 0.2) is 11.5 Å². The first-order valence-electron chi connectivity index (χ1n) is 8.42. The summed E-state index contributed by atoms with van der Waals surface area (Å²) in [5.74, 6) is 0.629. The maximum atomic E-state index is 9.61. The molecule has 0 aliphatic carbocycles. The normalized spacial score (nSPS) is 11.5. The number of nitrogens with zero attached hydrogens (tertiary/aromatic N) is 5. The maximum Gasteiger partial charge on any atom is 0.160 e. The number of hydrogen-bond donors (Lipinski definition) is 0. The van der Waals surface area contributed by atoms with Crippen molar-refractivity contribution < 1.29 is 0 Å². The third kappa shape index (κ3) is 3.24. The van der Waals surface area contributed by atoms with Crippen molar-refractivity contribution in [2.75, 3.05) is 18.0 Å². The molecule has 3 aromatic rings. The summed E-state index contributed by atoms with van der Waals surface area (Å²) < 4.78 is 1.86. The molecule has 0 radical (unpaired) electrons. The van der Waals surface area contributed by atoms with Gasteiger partial charge in [-0.15, -0.1) is 0 Å². The topological polar surface area (TPSA) is 57.7 Å². The van der Waals surface area contributed by atoms with Crippen molar-refractivity contribution in [2.24, 2.45) is 7.05 Å². The lowest BCUT2D eigenvalue weighted by molar-refractivity contribution is 0.866. The summed E-state index contributed by atoms with van der Waals surface area (Å²) in [6.45, 7) is 6.24. The largest absolute Gasteiger partial charge is 0.372 e. The molecular formula is C20H21N5.